The Morgan fingerprint density at radius 2 is 1.50 bits per heavy atom. The Hall–Kier alpha value is -1.83. The van der Waals surface area contributed by atoms with Crippen LogP contribution in [-0.2, 0) is 14.3 Å². The predicted octanol–water partition coefficient (Wildman–Crippen LogP) is 2.29. The molecule has 0 fully saturated rings. The van der Waals surface area contributed by atoms with Gasteiger partial charge in [-0.1, -0.05) is 6.92 Å². The highest BCUT2D eigenvalue weighted by atomic mass is 16.6. The molecule has 0 unspecified atom stereocenters. The second-order valence-electron chi connectivity index (χ2n) is 5.87. The summed E-state index contributed by atoms with van der Waals surface area (Å²) in [5.41, 5.74) is 0.951. The van der Waals surface area contributed by atoms with Crippen molar-refractivity contribution in [3.05, 3.63) is 17.7 Å². The van der Waals surface area contributed by atoms with Crippen LogP contribution in [0.2, 0.25) is 0 Å². The fourth-order valence-corrected chi connectivity index (χ4v) is 2.69. The molecule has 148 valence electrons. The third-order valence-electron chi connectivity index (χ3n) is 4.07. The lowest BCUT2D eigenvalue weighted by Crippen LogP contribution is -2.46. The van der Waals surface area contributed by atoms with Crippen molar-refractivity contribution in [2.75, 3.05) is 54.7 Å². The Kier molecular flexibility index (Phi) is 10.0. The van der Waals surface area contributed by atoms with Gasteiger partial charge in [0.2, 0.25) is 5.75 Å². The maximum Gasteiger partial charge on any atom is 0.329 e. The molecule has 1 atom stereocenters. The summed E-state index contributed by atoms with van der Waals surface area (Å²) in [7, 11) is 6.34. The van der Waals surface area contributed by atoms with Crippen molar-refractivity contribution in [3.63, 3.8) is 0 Å². The van der Waals surface area contributed by atoms with Gasteiger partial charge in [-0.2, -0.15) is 0 Å². The lowest BCUT2D eigenvalue weighted by atomic mass is 10.1. The third-order valence-corrected chi connectivity index (χ3v) is 4.07. The minimum atomic E-state index is -0.420. The van der Waals surface area contributed by atoms with Gasteiger partial charge in [0.15, 0.2) is 11.5 Å². The first-order valence-electron chi connectivity index (χ1n) is 8.68. The van der Waals surface area contributed by atoms with Crippen LogP contribution in [0.25, 0.3) is 0 Å². The molecule has 0 spiro atoms. The molecule has 1 rings (SSSR count). The van der Waals surface area contributed by atoms with Crippen LogP contribution in [-0.4, -0.2) is 71.7 Å². The van der Waals surface area contributed by atoms with E-state index in [0.29, 0.717) is 50.0 Å². The highest BCUT2D eigenvalue weighted by Gasteiger charge is 2.28. The normalized spacial score (nSPS) is 12.1. The van der Waals surface area contributed by atoms with Crippen LogP contribution >= 0.6 is 0 Å². The zero-order chi connectivity index (χ0) is 19.5. The van der Waals surface area contributed by atoms with Crippen molar-refractivity contribution >= 4 is 5.97 Å². The molecule has 0 heterocycles. The topological polar surface area (TPSA) is 66.5 Å². The number of aryl methyl sites for hydroxylation is 1. The number of rotatable bonds is 12. The van der Waals surface area contributed by atoms with Gasteiger partial charge < -0.3 is 23.7 Å². The Morgan fingerprint density at radius 1 is 1.00 bits per heavy atom. The van der Waals surface area contributed by atoms with Gasteiger partial charge >= 0.3 is 5.97 Å². The number of esters is 1. The van der Waals surface area contributed by atoms with Gasteiger partial charge in [0, 0.05) is 27.3 Å². The summed E-state index contributed by atoms with van der Waals surface area (Å²) in [6, 6.07) is 3.19. The summed E-state index contributed by atoms with van der Waals surface area (Å²) in [6.45, 7) is 6.12. The third kappa shape index (κ3) is 6.16. The zero-order valence-corrected chi connectivity index (χ0v) is 16.7. The highest BCUT2D eigenvalue weighted by molar-refractivity contribution is 5.80. The van der Waals surface area contributed by atoms with E-state index in [2.05, 4.69) is 0 Å². The monoisotopic (exact) mass is 369 g/mol. The molecule has 0 bridgehead atoms. The molecule has 0 aromatic heterocycles. The first-order chi connectivity index (χ1) is 12.5. The van der Waals surface area contributed by atoms with Crippen molar-refractivity contribution < 1.29 is 28.5 Å². The standard InChI is InChI=1S/C19H31NO6/c1-7-15(20(8-10-22-3)9-11-23-4)19(21)26-18-16(24-5)12-14(2)13-17(18)25-6/h12-13,15H,7-11H2,1-6H3/t15-/m1/s1. The van der Waals surface area contributed by atoms with Crippen LogP contribution in [0, 0.1) is 6.92 Å². The van der Waals surface area contributed by atoms with Crippen LogP contribution in [0.15, 0.2) is 12.1 Å². The molecule has 0 saturated heterocycles. The molecule has 0 amide bonds. The van der Waals surface area contributed by atoms with Crippen LogP contribution in [0.1, 0.15) is 18.9 Å². The molecule has 7 heteroatoms. The molecule has 1 aromatic carbocycles. The number of hydrogen-bond acceptors (Lipinski definition) is 7. The number of benzene rings is 1. The van der Waals surface area contributed by atoms with Crippen molar-refractivity contribution in [2.24, 2.45) is 0 Å². The van der Waals surface area contributed by atoms with E-state index in [9.17, 15) is 4.79 Å². The van der Waals surface area contributed by atoms with E-state index in [1.54, 1.807) is 26.4 Å². The van der Waals surface area contributed by atoms with Crippen molar-refractivity contribution in [1.82, 2.24) is 4.90 Å². The van der Waals surface area contributed by atoms with E-state index < -0.39 is 6.04 Å². The molecule has 26 heavy (non-hydrogen) atoms. The molecule has 1 aromatic rings. The van der Waals surface area contributed by atoms with Crippen molar-refractivity contribution in [1.29, 1.82) is 0 Å². The predicted molar refractivity (Wildman–Crippen MR) is 99.3 cm³/mol. The fourth-order valence-electron chi connectivity index (χ4n) is 2.69. The number of ether oxygens (including phenoxy) is 5. The van der Waals surface area contributed by atoms with Crippen molar-refractivity contribution in [2.45, 2.75) is 26.3 Å². The van der Waals surface area contributed by atoms with Gasteiger partial charge in [-0.15, -0.1) is 0 Å². The number of methoxy groups -OCH3 is 4. The molecule has 0 N–H and O–H groups in total. The molecule has 0 aliphatic carbocycles. The summed E-state index contributed by atoms with van der Waals surface area (Å²) in [5, 5.41) is 0. The summed E-state index contributed by atoms with van der Waals surface area (Å²) >= 11 is 0. The Morgan fingerprint density at radius 3 is 1.88 bits per heavy atom. The molecule has 0 aliphatic rings. The molecular weight excluding hydrogens is 338 g/mol. The minimum absolute atomic E-state index is 0.294. The first kappa shape index (κ1) is 22.2. The van der Waals surface area contributed by atoms with Gasteiger partial charge in [0.1, 0.15) is 6.04 Å². The van der Waals surface area contributed by atoms with Crippen LogP contribution in [0.3, 0.4) is 0 Å². The van der Waals surface area contributed by atoms with E-state index in [4.69, 9.17) is 23.7 Å². The van der Waals surface area contributed by atoms with E-state index in [1.165, 1.54) is 14.2 Å². The highest BCUT2D eigenvalue weighted by Crippen LogP contribution is 2.38. The average molecular weight is 369 g/mol. The maximum atomic E-state index is 12.9. The number of carbonyl (C=O) groups excluding carboxylic acids is 1. The number of carbonyl (C=O) groups is 1. The average Bonchev–Trinajstić information content (AvgIpc) is 2.64. The van der Waals surface area contributed by atoms with E-state index in [0.717, 1.165) is 5.56 Å². The SMILES string of the molecule is CC[C@H](C(=O)Oc1c(OC)cc(C)cc1OC)N(CCOC)CCOC. The molecular formula is C19H31NO6. The maximum absolute atomic E-state index is 12.9. The number of nitrogens with zero attached hydrogens (tertiary/aromatic N) is 1. The Labute approximate surface area is 156 Å². The quantitative estimate of drug-likeness (QED) is 0.414. The largest absolute Gasteiger partial charge is 0.493 e. The van der Waals surface area contributed by atoms with Gasteiger partial charge in [0.05, 0.1) is 27.4 Å². The van der Waals surface area contributed by atoms with E-state index >= 15 is 0 Å². The van der Waals surface area contributed by atoms with Crippen LogP contribution in [0.5, 0.6) is 17.2 Å². The smallest absolute Gasteiger partial charge is 0.329 e. The summed E-state index contributed by atoms with van der Waals surface area (Å²) in [6.07, 6.45) is 0.600. The second kappa shape index (κ2) is 11.7. The van der Waals surface area contributed by atoms with E-state index in [-0.39, 0.29) is 5.97 Å². The summed E-state index contributed by atoms with van der Waals surface area (Å²) in [5.74, 6) is 0.860. The lowest BCUT2D eigenvalue weighted by molar-refractivity contribution is -0.141. The van der Waals surface area contributed by atoms with Gasteiger partial charge in [-0.05, 0) is 31.0 Å². The molecule has 0 saturated carbocycles. The lowest BCUT2D eigenvalue weighted by Gasteiger charge is -2.29. The second-order valence-corrected chi connectivity index (χ2v) is 5.87. The Bertz CT molecular complexity index is 530. The van der Waals surface area contributed by atoms with E-state index in [1.807, 2.05) is 18.7 Å². The van der Waals surface area contributed by atoms with Crippen LogP contribution < -0.4 is 14.2 Å². The first-order valence-corrected chi connectivity index (χ1v) is 8.68. The molecule has 7 nitrogen and oxygen atoms in total. The van der Waals surface area contributed by atoms with Gasteiger partial charge in [-0.25, -0.2) is 4.79 Å². The zero-order valence-electron chi connectivity index (χ0n) is 16.7. The molecule has 0 radical (unpaired) electrons. The number of hydrogen-bond donors (Lipinski definition) is 0. The fraction of sp³-hybridized carbons (Fsp3) is 0.632. The summed E-state index contributed by atoms with van der Waals surface area (Å²) < 4.78 is 26.7. The molecule has 0 aliphatic heterocycles. The van der Waals surface area contributed by atoms with Crippen LogP contribution in [0.4, 0.5) is 0 Å². The Balaban J connectivity index is 3.04. The van der Waals surface area contributed by atoms with Gasteiger partial charge in [-0.3, -0.25) is 4.90 Å². The van der Waals surface area contributed by atoms with Gasteiger partial charge in [0.25, 0.3) is 0 Å². The minimum Gasteiger partial charge on any atom is -0.493 e. The summed E-state index contributed by atoms with van der Waals surface area (Å²) in [4.78, 5) is 14.9. The van der Waals surface area contributed by atoms with Crippen molar-refractivity contribution in [3.8, 4) is 17.2 Å².